The first-order valence-corrected chi connectivity index (χ1v) is 11.7. The van der Waals surface area contributed by atoms with E-state index in [1.54, 1.807) is 14.2 Å². The summed E-state index contributed by atoms with van der Waals surface area (Å²) in [6, 6.07) is 17.3. The number of hydrogen-bond acceptors (Lipinski definition) is 4. The van der Waals surface area contributed by atoms with Crippen molar-refractivity contribution < 1.29 is 47.5 Å². The van der Waals surface area contributed by atoms with Crippen molar-refractivity contribution >= 4 is 10.8 Å². The predicted octanol–water partition coefficient (Wildman–Crippen LogP) is 2.19. The summed E-state index contributed by atoms with van der Waals surface area (Å²) >= 11 is 0. The Morgan fingerprint density at radius 3 is 2.40 bits per heavy atom. The lowest BCUT2D eigenvalue weighted by Gasteiger charge is -2.21. The van der Waals surface area contributed by atoms with E-state index in [-0.39, 0.29) is 30.8 Å². The minimum Gasteiger partial charge on any atom is -1.00 e. The maximum absolute atomic E-state index is 5.83. The molecule has 6 rings (SSSR count). The molecular formula is C29H28INO4. The highest BCUT2D eigenvalue weighted by Crippen LogP contribution is 2.43. The average Bonchev–Trinajstić information content (AvgIpc) is 3.32. The molecule has 0 saturated heterocycles. The molecule has 1 aromatic heterocycles. The Morgan fingerprint density at radius 2 is 1.66 bits per heavy atom. The van der Waals surface area contributed by atoms with Crippen molar-refractivity contribution in [3.05, 3.63) is 77.0 Å². The van der Waals surface area contributed by atoms with Crippen LogP contribution in [0.2, 0.25) is 0 Å². The lowest BCUT2D eigenvalue weighted by molar-refractivity contribution is -0.686. The van der Waals surface area contributed by atoms with Gasteiger partial charge >= 0.3 is 0 Å². The van der Waals surface area contributed by atoms with Gasteiger partial charge in [0.2, 0.25) is 12.5 Å². The van der Waals surface area contributed by atoms with Gasteiger partial charge in [0.15, 0.2) is 35.7 Å². The molecule has 0 radical (unpaired) electrons. The van der Waals surface area contributed by atoms with E-state index < -0.39 is 0 Å². The molecule has 4 aromatic rings. The third-order valence-corrected chi connectivity index (χ3v) is 7.03. The Hall–Kier alpha value is -3.00. The Labute approximate surface area is 222 Å². The third kappa shape index (κ3) is 4.07. The minimum atomic E-state index is 0. The molecular weight excluding hydrogens is 553 g/mol. The van der Waals surface area contributed by atoms with E-state index in [1.165, 1.54) is 38.9 Å². The van der Waals surface area contributed by atoms with Gasteiger partial charge in [-0.05, 0) is 55.2 Å². The zero-order chi connectivity index (χ0) is 23.2. The number of methoxy groups -OCH3 is 2. The number of ether oxygens (including phenoxy) is 4. The number of fused-ring (bicyclic) bond motifs is 5. The summed E-state index contributed by atoms with van der Waals surface area (Å²) in [6.45, 7) is 3.31. The normalized spacial score (nSPS) is 13.1. The van der Waals surface area contributed by atoms with E-state index in [1.807, 2.05) is 6.07 Å². The van der Waals surface area contributed by atoms with Crippen LogP contribution in [-0.2, 0) is 25.8 Å². The van der Waals surface area contributed by atoms with Crippen LogP contribution >= 0.6 is 0 Å². The smallest absolute Gasteiger partial charge is 0.231 e. The van der Waals surface area contributed by atoms with Crippen molar-refractivity contribution in [2.24, 2.45) is 0 Å². The molecule has 35 heavy (non-hydrogen) atoms. The van der Waals surface area contributed by atoms with Gasteiger partial charge in [0, 0.05) is 17.4 Å². The number of halogens is 1. The van der Waals surface area contributed by atoms with Gasteiger partial charge in [0.1, 0.15) is 0 Å². The average molecular weight is 581 g/mol. The number of hydrogen-bond donors (Lipinski definition) is 0. The first-order chi connectivity index (χ1) is 16.7. The molecule has 0 amide bonds. The fourth-order valence-electron chi connectivity index (χ4n) is 5.29. The molecule has 0 fully saturated rings. The summed E-state index contributed by atoms with van der Waals surface area (Å²) < 4.78 is 25.2. The molecule has 0 spiro atoms. The molecule has 0 N–H and O–H groups in total. The Bertz CT molecular complexity index is 1420. The van der Waals surface area contributed by atoms with Gasteiger partial charge in [-0.25, -0.2) is 0 Å². The summed E-state index contributed by atoms with van der Waals surface area (Å²) in [7, 11) is 3.40. The molecule has 2 aliphatic rings. The number of aromatic nitrogens is 1. The van der Waals surface area contributed by atoms with Crippen LogP contribution in [0, 0.1) is 6.92 Å². The lowest BCUT2D eigenvalue weighted by atomic mass is 9.88. The second-order valence-electron chi connectivity index (χ2n) is 9.01. The summed E-state index contributed by atoms with van der Waals surface area (Å²) in [5, 5.41) is 2.27. The number of nitrogens with zero attached hydrogens (tertiary/aromatic N) is 1. The largest absolute Gasteiger partial charge is 1.00 e. The second kappa shape index (κ2) is 9.57. The molecule has 3 aromatic carbocycles. The first kappa shape index (κ1) is 23.7. The van der Waals surface area contributed by atoms with Crippen LogP contribution in [0.15, 0.2) is 54.7 Å². The zero-order valence-electron chi connectivity index (χ0n) is 20.2. The molecule has 0 atom stereocenters. The van der Waals surface area contributed by atoms with Gasteiger partial charge in [0.05, 0.1) is 25.2 Å². The second-order valence-corrected chi connectivity index (χ2v) is 9.01. The molecule has 0 unspecified atom stereocenters. The van der Waals surface area contributed by atoms with Gasteiger partial charge in [-0.1, -0.05) is 29.8 Å². The van der Waals surface area contributed by atoms with E-state index in [4.69, 9.17) is 18.9 Å². The highest BCUT2D eigenvalue weighted by Gasteiger charge is 2.32. The van der Waals surface area contributed by atoms with E-state index in [2.05, 4.69) is 60.2 Å². The van der Waals surface area contributed by atoms with Crippen molar-refractivity contribution in [1.82, 2.24) is 0 Å². The quantitative estimate of drug-likeness (QED) is 0.268. The van der Waals surface area contributed by atoms with Crippen molar-refractivity contribution in [1.29, 1.82) is 0 Å². The number of pyridine rings is 1. The molecule has 0 aliphatic carbocycles. The zero-order valence-corrected chi connectivity index (χ0v) is 22.3. The molecule has 6 heteroatoms. The van der Waals surface area contributed by atoms with E-state index >= 15 is 0 Å². The fraction of sp³-hybridized carbons (Fsp3) is 0.276. The van der Waals surface area contributed by atoms with Crippen molar-refractivity contribution in [3.8, 4) is 34.3 Å². The molecule has 3 heterocycles. The van der Waals surface area contributed by atoms with Gasteiger partial charge < -0.3 is 42.9 Å². The maximum Gasteiger partial charge on any atom is 0.231 e. The molecule has 180 valence electrons. The summed E-state index contributed by atoms with van der Waals surface area (Å²) in [4.78, 5) is 0. The Morgan fingerprint density at radius 1 is 0.886 bits per heavy atom. The molecule has 5 nitrogen and oxygen atoms in total. The van der Waals surface area contributed by atoms with E-state index in [0.29, 0.717) is 0 Å². The number of benzene rings is 3. The van der Waals surface area contributed by atoms with Crippen LogP contribution in [0.5, 0.6) is 23.0 Å². The van der Waals surface area contributed by atoms with E-state index in [0.717, 1.165) is 54.2 Å². The minimum absolute atomic E-state index is 0. The fourth-order valence-corrected chi connectivity index (χ4v) is 5.29. The van der Waals surface area contributed by atoms with Gasteiger partial charge in [-0.2, -0.15) is 4.57 Å². The predicted molar refractivity (Wildman–Crippen MR) is 131 cm³/mol. The summed E-state index contributed by atoms with van der Waals surface area (Å²) in [5.41, 5.74) is 7.73. The number of aryl methyl sites for hydroxylation is 5. The first-order valence-electron chi connectivity index (χ1n) is 11.7. The molecule has 0 saturated carbocycles. The maximum atomic E-state index is 5.83. The molecule has 0 bridgehead atoms. The lowest BCUT2D eigenvalue weighted by Crippen LogP contribution is -3.00. The van der Waals surface area contributed by atoms with Gasteiger partial charge in [-0.3, -0.25) is 0 Å². The Balaban J connectivity index is 0.00000253. The van der Waals surface area contributed by atoms with Gasteiger partial charge in [0.25, 0.3) is 0 Å². The highest BCUT2D eigenvalue weighted by atomic mass is 127. The van der Waals surface area contributed by atoms with Crippen LogP contribution < -0.4 is 47.5 Å². The number of rotatable bonds is 5. The summed E-state index contributed by atoms with van der Waals surface area (Å²) in [5.74, 6) is 3.20. The highest BCUT2D eigenvalue weighted by molar-refractivity contribution is 5.95. The van der Waals surface area contributed by atoms with E-state index in [9.17, 15) is 0 Å². The van der Waals surface area contributed by atoms with Crippen molar-refractivity contribution in [3.63, 3.8) is 0 Å². The van der Waals surface area contributed by atoms with Crippen LogP contribution in [0.3, 0.4) is 0 Å². The third-order valence-electron chi connectivity index (χ3n) is 7.03. The monoisotopic (exact) mass is 581 g/mol. The van der Waals surface area contributed by atoms with Crippen LogP contribution in [0.4, 0.5) is 0 Å². The van der Waals surface area contributed by atoms with Crippen LogP contribution in [0.25, 0.3) is 22.0 Å². The van der Waals surface area contributed by atoms with Crippen molar-refractivity contribution in [2.45, 2.75) is 32.7 Å². The Kier molecular flexibility index (Phi) is 6.49. The van der Waals surface area contributed by atoms with Gasteiger partial charge in [-0.15, -0.1) is 0 Å². The SMILES string of the molecule is COc1ccc2c(CCc3ccc(C)cc3)c3[n+](cc2c1OC)CCc1cc2c(cc1-3)OCO2.[I-]. The van der Waals surface area contributed by atoms with Crippen molar-refractivity contribution in [2.75, 3.05) is 21.0 Å². The van der Waals surface area contributed by atoms with Crippen LogP contribution in [0.1, 0.15) is 22.3 Å². The summed E-state index contributed by atoms with van der Waals surface area (Å²) in [6.07, 6.45) is 5.04. The van der Waals surface area contributed by atoms with Crippen LogP contribution in [-0.4, -0.2) is 21.0 Å². The standard InChI is InChI=1S/C29H28NO4.HI/c1-18-4-6-19(7-5-18)8-9-22-21-10-11-25(31-2)29(32-3)24(21)16-30-13-12-20-14-26-27(34-17-33-26)15-23(20)28(22)30;/h4-7,10-11,14-16H,8-9,12-13,17H2,1-3H3;1H/q+1;/p-1. The topological polar surface area (TPSA) is 40.8 Å². The molecule has 2 aliphatic heterocycles.